The molecule has 0 spiro atoms. The van der Waals surface area contributed by atoms with E-state index in [1.807, 2.05) is 11.8 Å². The van der Waals surface area contributed by atoms with E-state index < -0.39 is 0 Å². The van der Waals surface area contributed by atoms with Crippen LogP contribution in [-0.2, 0) is 4.79 Å². The number of carbonyl (C=O) groups excluding carboxylic acids is 1. The first kappa shape index (κ1) is 14.5. The van der Waals surface area contributed by atoms with E-state index >= 15 is 0 Å². The third kappa shape index (κ3) is 3.98. The summed E-state index contributed by atoms with van der Waals surface area (Å²) in [5, 5.41) is 0. The van der Waals surface area contributed by atoms with Crippen molar-refractivity contribution in [3.8, 4) is 0 Å². The largest absolute Gasteiger partial charge is 0.338 e. The number of hydrogen-bond donors (Lipinski definition) is 1. The minimum Gasteiger partial charge on any atom is -0.338 e. The van der Waals surface area contributed by atoms with Crippen molar-refractivity contribution in [1.29, 1.82) is 0 Å². The predicted molar refractivity (Wildman–Crippen MR) is 71.6 cm³/mol. The fraction of sp³-hybridized carbons (Fsp3) is 0.929. The lowest BCUT2D eigenvalue weighted by atomic mass is 9.91. The molecule has 0 radical (unpaired) electrons. The van der Waals surface area contributed by atoms with Crippen LogP contribution in [0.2, 0.25) is 0 Å². The Balaban J connectivity index is 2.59. The molecule has 0 aliphatic carbocycles. The number of nitrogens with zero attached hydrogens (tertiary/aromatic N) is 1. The molecule has 0 aromatic rings. The molecule has 100 valence electrons. The molecule has 17 heavy (non-hydrogen) atoms. The normalized spacial score (nSPS) is 24.8. The van der Waals surface area contributed by atoms with Crippen molar-refractivity contribution in [2.24, 2.45) is 17.6 Å². The van der Waals surface area contributed by atoms with E-state index in [9.17, 15) is 4.79 Å². The summed E-state index contributed by atoms with van der Waals surface area (Å²) in [6.07, 6.45) is 4.07. The molecule has 0 aromatic carbocycles. The van der Waals surface area contributed by atoms with E-state index in [2.05, 4.69) is 20.8 Å². The van der Waals surface area contributed by atoms with E-state index in [0.29, 0.717) is 24.2 Å². The second-order valence-electron chi connectivity index (χ2n) is 5.93. The van der Waals surface area contributed by atoms with Crippen LogP contribution >= 0.6 is 0 Å². The molecule has 0 aromatic heterocycles. The lowest BCUT2D eigenvalue weighted by Crippen LogP contribution is -2.52. The Morgan fingerprint density at radius 1 is 1.29 bits per heavy atom. The SMILES string of the molecule is CC(C)C(C)CC(=O)N1CCCCC1C(C)N. The summed E-state index contributed by atoms with van der Waals surface area (Å²) >= 11 is 0. The first-order valence-corrected chi connectivity index (χ1v) is 6.98. The molecular formula is C14H28N2O. The van der Waals surface area contributed by atoms with Gasteiger partial charge in [0.15, 0.2) is 0 Å². The number of amides is 1. The van der Waals surface area contributed by atoms with Crippen molar-refractivity contribution < 1.29 is 4.79 Å². The van der Waals surface area contributed by atoms with Crippen molar-refractivity contribution in [2.45, 2.75) is 65.5 Å². The number of likely N-dealkylation sites (tertiary alicyclic amines) is 1. The summed E-state index contributed by atoms with van der Waals surface area (Å²) < 4.78 is 0. The minimum atomic E-state index is 0.0913. The average Bonchev–Trinajstić information content (AvgIpc) is 2.28. The van der Waals surface area contributed by atoms with Crippen molar-refractivity contribution >= 4 is 5.91 Å². The quantitative estimate of drug-likeness (QED) is 0.820. The molecule has 3 nitrogen and oxygen atoms in total. The lowest BCUT2D eigenvalue weighted by molar-refractivity contribution is -0.136. The highest BCUT2D eigenvalue weighted by molar-refractivity contribution is 5.77. The maximum atomic E-state index is 12.3. The average molecular weight is 240 g/mol. The predicted octanol–water partition coefficient (Wildman–Crippen LogP) is 2.40. The molecule has 1 amide bonds. The van der Waals surface area contributed by atoms with Crippen LogP contribution in [0.5, 0.6) is 0 Å². The first-order valence-electron chi connectivity index (χ1n) is 6.98. The van der Waals surface area contributed by atoms with E-state index in [0.717, 1.165) is 19.4 Å². The van der Waals surface area contributed by atoms with Gasteiger partial charge in [-0.25, -0.2) is 0 Å². The molecule has 0 saturated carbocycles. The number of nitrogens with two attached hydrogens (primary N) is 1. The Morgan fingerprint density at radius 3 is 2.47 bits per heavy atom. The van der Waals surface area contributed by atoms with Gasteiger partial charge in [0.2, 0.25) is 5.91 Å². The second kappa shape index (κ2) is 6.39. The molecular weight excluding hydrogens is 212 g/mol. The Morgan fingerprint density at radius 2 is 1.94 bits per heavy atom. The van der Waals surface area contributed by atoms with Gasteiger partial charge in [-0.1, -0.05) is 20.8 Å². The fourth-order valence-electron chi connectivity index (χ4n) is 2.44. The molecule has 1 fully saturated rings. The number of carbonyl (C=O) groups is 1. The molecule has 1 heterocycles. The van der Waals surface area contributed by atoms with Gasteiger partial charge in [0, 0.05) is 25.0 Å². The van der Waals surface area contributed by atoms with Crippen molar-refractivity contribution in [2.75, 3.05) is 6.54 Å². The molecule has 3 atom stereocenters. The summed E-state index contributed by atoms with van der Waals surface area (Å²) in [6.45, 7) is 9.43. The van der Waals surface area contributed by atoms with Gasteiger partial charge in [-0.05, 0) is 38.0 Å². The van der Waals surface area contributed by atoms with Gasteiger partial charge in [-0.15, -0.1) is 0 Å². The number of hydrogen-bond acceptors (Lipinski definition) is 2. The Hall–Kier alpha value is -0.570. The van der Waals surface area contributed by atoms with Crippen LogP contribution in [0.4, 0.5) is 0 Å². The van der Waals surface area contributed by atoms with E-state index in [1.165, 1.54) is 6.42 Å². The van der Waals surface area contributed by atoms with Crippen molar-refractivity contribution in [1.82, 2.24) is 4.90 Å². The van der Waals surface area contributed by atoms with Gasteiger partial charge in [-0.2, -0.15) is 0 Å². The molecule has 1 saturated heterocycles. The van der Waals surface area contributed by atoms with Gasteiger partial charge >= 0.3 is 0 Å². The molecule has 1 aliphatic rings. The van der Waals surface area contributed by atoms with E-state index in [4.69, 9.17) is 5.73 Å². The molecule has 3 unspecified atom stereocenters. The highest BCUT2D eigenvalue weighted by Gasteiger charge is 2.29. The van der Waals surface area contributed by atoms with Crippen molar-refractivity contribution in [3.05, 3.63) is 0 Å². The van der Waals surface area contributed by atoms with Crippen LogP contribution < -0.4 is 5.73 Å². The monoisotopic (exact) mass is 240 g/mol. The summed E-state index contributed by atoms with van der Waals surface area (Å²) in [4.78, 5) is 14.3. The van der Waals surface area contributed by atoms with Gasteiger partial charge in [-0.3, -0.25) is 4.79 Å². The van der Waals surface area contributed by atoms with Gasteiger partial charge in [0.25, 0.3) is 0 Å². The van der Waals surface area contributed by atoms with Crippen LogP contribution in [0.25, 0.3) is 0 Å². The van der Waals surface area contributed by atoms with Gasteiger partial charge in [0.05, 0.1) is 0 Å². The highest BCUT2D eigenvalue weighted by Crippen LogP contribution is 2.22. The Kier molecular flexibility index (Phi) is 5.44. The highest BCUT2D eigenvalue weighted by atomic mass is 16.2. The van der Waals surface area contributed by atoms with Crippen LogP contribution in [0.15, 0.2) is 0 Å². The fourth-order valence-corrected chi connectivity index (χ4v) is 2.44. The van der Waals surface area contributed by atoms with Crippen LogP contribution in [0.3, 0.4) is 0 Å². The van der Waals surface area contributed by atoms with Gasteiger partial charge < -0.3 is 10.6 Å². The van der Waals surface area contributed by atoms with Crippen LogP contribution in [0, 0.1) is 11.8 Å². The summed E-state index contributed by atoms with van der Waals surface area (Å²) in [6, 6.07) is 0.351. The zero-order chi connectivity index (χ0) is 13.0. The third-order valence-electron chi connectivity index (χ3n) is 4.11. The number of rotatable bonds is 4. The van der Waals surface area contributed by atoms with Gasteiger partial charge in [0.1, 0.15) is 0 Å². The maximum absolute atomic E-state index is 12.3. The molecule has 1 aliphatic heterocycles. The topological polar surface area (TPSA) is 46.3 Å². The van der Waals surface area contributed by atoms with Crippen molar-refractivity contribution in [3.63, 3.8) is 0 Å². The maximum Gasteiger partial charge on any atom is 0.223 e. The zero-order valence-corrected chi connectivity index (χ0v) is 11.8. The van der Waals surface area contributed by atoms with E-state index in [1.54, 1.807) is 0 Å². The molecule has 1 rings (SSSR count). The minimum absolute atomic E-state index is 0.0913. The summed E-state index contributed by atoms with van der Waals surface area (Å²) in [5.74, 6) is 1.32. The van der Waals surface area contributed by atoms with Crippen LogP contribution in [0.1, 0.15) is 53.4 Å². The summed E-state index contributed by atoms with van der Waals surface area (Å²) in [5.41, 5.74) is 5.99. The second-order valence-corrected chi connectivity index (χ2v) is 5.93. The molecule has 0 bridgehead atoms. The molecule has 2 N–H and O–H groups in total. The Bertz CT molecular complexity index is 251. The van der Waals surface area contributed by atoms with E-state index in [-0.39, 0.29) is 12.1 Å². The zero-order valence-electron chi connectivity index (χ0n) is 11.8. The Labute approximate surface area is 106 Å². The lowest BCUT2D eigenvalue weighted by Gasteiger charge is -2.38. The first-order chi connectivity index (χ1) is 7.93. The third-order valence-corrected chi connectivity index (χ3v) is 4.11. The molecule has 3 heteroatoms. The summed E-state index contributed by atoms with van der Waals surface area (Å²) in [7, 11) is 0. The standard InChI is InChI=1S/C14H28N2O/c1-10(2)11(3)9-14(17)16-8-6-5-7-13(16)12(4)15/h10-13H,5-9,15H2,1-4H3. The smallest absolute Gasteiger partial charge is 0.223 e. The van der Waals surface area contributed by atoms with Crippen LogP contribution in [-0.4, -0.2) is 29.4 Å². The number of piperidine rings is 1.